The third-order valence-electron chi connectivity index (χ3n) is 27.5. The molecular formula is C94H118N24O4. The molecule has 5 saturated heterocycles. The third kappa shape index (κ3) is 17.2. The molecule has 0 radical (unpaired) electrons. The van der Waals surface area contributed by atoms with Crippen LogP contribution in [-0.2, 0) is 0 Å². The van der Waals surface area contributed by atoms with E-state index in [9.17, 15) is 0 Å². The lowest BCUT2D eigenvalue weighted by Gasteiger charge is -2.45. The van der Waals surface area contributed by atoms with Gasteiger partial charge in [0.25, 0.3) is 0 Å². The first-order valence-electron chi connectivity index (χ1n) is 44.8. The first-order valence-corrected chi connectivity index (χ1v) is 44.8. The summed E-state index contributed by atoms with van der Waals surface area (Å²) in [5.74, 6) is 8.17. The van der Waals surface area contributed by atoms with Gasteiger partial charge < -0.3 is 45.1 Å². The van der Waals surface area contributed by atoms with Gasteiger partial charge in [0.2, 0.25) is 0 Å². The number of fused-ring (bicyclic) bond motifs is 21. The van der Waals surface area contributed by atoms with E-state index in [2.05, 4.69) is 209 Å². The topological polar surface area (TPSA) is 232 Å². The van der Waals surface area contributed by atoms with Gasteiger partial charge in [0, 0.05) is 189 Å². The molecular weight excluding hydrogens is 1530 g/mol. The minimum atomic E-state index is 0.368. The molecule has 2 aliphatic carbocycles. The summed E-state index contributed by atoms with van der Waals surface area (Å²) < 4.78 is 32.8. The summed E-state index contributed by atoms with van der Waals surface area (Å²) in [6.45, 7) is 36.9. The predicted octanol–water partition coefficient (Wildman–Crippen LogP) is 11.5. The van der Waals surface area contributed by atoms with E-state index < -0.39 is 0 Å². The maximum Gasteiger partial charge on any atom is 0.165 e. The van der Waals surface area contributed by atoms with Crippen molar-refractivity contribution in [2.75, 3.05) is 173 Å². The molecule has 16 bridgehead atoms. The van der Waals surface area contributed by atoms with Crippen LogP contribution < -0.4 is 40.2 Å². The van der Waals surface area contributed by atoms with Gasteiger partial charge in [-0.2, -0.15) is 20.4 Å². The molecule has 7 fully saturated rings. The fourth-order valence-electron chi connectivity index (χ4n) is 19.9. The van der Waals surface area contributed by atoms with Crippen LogP contribution in [0.25, 0.3) is 67.1 Å². The molecule has 4 N–H and O–H groups in total. The molecule has 0 spiro atoms. The number of anilines is 4. The van der Waals surface area contributed by atoms with Gasteiger partial charge in [0.15, 0.2) is 22.6 Å². The van der Waals surface area contributed by atoms with Crippen molar-refractivity contribution in [1.29, 1.82) is 0 Å². The third-order valence-corrected chi connectivity index (χ3v) is 27.5. The van der Waals surface area contributed by atoms with Crippen LogP contribution in [0.3, 0.4) is 0 Å². The fraction of sp³-hybridized carbons (Fsp3) is 0.489. The Morgan fingerprint density at radius 2 is 0.680 bits per heavy atom. The number of piperazine rings is 4. The zero-order valence-electron chi connectivity index (χ0n) is 72.0. The largest absolute Gasteiger partial charge is 0.492 e. The minimum absolute atomic E-state index is 0.368. The predicted molar refractivity (Wildman–Crippen MR) is 480 cm³/mol. The maximum atomic E-state index is 6.41. The molecule has 11 aliphatic rings. The average Bonchev–Trinajstić information content (AvgIpc) is 1.66. The van der Waals surface area contributed by atoms with Crippen LogP contribution in [0.15, 0.2) is 147 Å². The van der Waals surface area contributed by atoms with Crippen LogP contribution in [0, 0.1) is 33.6 Å². The highest BCUT2D eigenvalue weighted by Crippen LogP contribution is 2.39. The zero-order valence-corrected chi connectivity index (χ0v) is 72.0. The molecule has 0 unspecified atom stereocenters. The highest BCUT2D eigenvalue weighted by atomic mass is 16.5. The number of rotatable bonds is 3. The Bertz CT molecular complexity index is 5720. The van der Waals surface area contributed by atoms with Crippen LogP contribution in [0.5, 0.6) is 23.0 Å². The monoisotopic (exact) mass is 1650 g/mol. The van der Waals surface area contributed by atoms with E-state index >= 15 is 0 Å². The Hall–Kier alpha value is -10.6. The average molecular weight is 1650 g/mol. The van der Waals surface area contributed by atoms with Crippen LogP contribution in [0.2, 0.25) is 0 Å². The van der Waals surface area contributed by atoms with Gasteiger partial charge in [-0.25, -0.2) is 38.0 Å². The fourth-order valence-corrected chi connectivity index (χ4v) is 19.9. The Morgan fingerprint density at radius 3 is 1.07 bits per heavy atom. The number of hydrogen-bond donors (Lipinski definition) is 4. The smallest absolute Gasteiger partial charge is 0.165 e. The van der Waals surface area contributed by atoms with Gasteiger partial charge in [-0.1, -0.05) is 24.3 Å². The van der Waals surface area contributed by atoms with Crippen LogP contribution in [-0.4, -0.2) is 303 Å². The number of aromatic nitrogens is 12. The first-order chi connectivity index (χ1) is 59.6. The van der Waals surface area contributed by atoms with Gasteiger partial charge in [-0.05, 0) is 224 Å². The van der Waals surface area contributed by atoms with E-state index in [-0.39, 0.29) is 0 Å². The second-order valence-corrected chi connectivity index (χ2v) is 36.1. The van der Waals surface area contributed by atoms with E-state index in [0.717, 1.165) is 237 Å². The highest BCUT2D eigenvalue weighted by Gasteiger charge is 2.42. The number of ether oxygens (including phenoxy) is 4. The highest BCUT2D eigenvalue weighted by molar-refractivity contribution is 5.84. The van der Waals surface area contributed by atoms with Crippen LogP contribution in [0.4, 0.5) is 23.3 Å². The number of benzene rings is 4. The lowest BCUT2D eigenvalue weighted by Crippen LogP contribution is -2.60. The van der Waals surface area contributed by atoms with E-state index in [4.69, 9.17) is 38.9 Å². The van der Waals surface area contributed by atoms with Crippen molar-refractivity contribution >= 4 is 45.9 Å². The Balaban J connectivity index is 0.000000104. The Kier molecular flexibility index (Phi) is 22.7. The molecule has 0 amide bonds. The lowest BCUT2D eigenvalue weighted by atomic mass is 10.0. The Labute approximate surface area is 714 Å². The second kappa shape index (κ2) is 34.6. The summed E-state index contributed by atoms with van der Waals surface area (Å²) in [7, 11) is 2.20. The molecule has 23 rings (SSSR count). The van der Waals surface area contributed by atoms with Gasteiger partial charge >= 0.3 is 0 Å². The number of nitrogens with zero attached hydrogens (tertiary/aromatic N) is 20. The van der Waals surface area contributed by atoms with Crippen molar-refractivity contribution in [2.24, 2.45) is 5.92 Å². The normalized spacial score (nSPS) is 24.4. The SMILES string of the molecule is Cc1ccc2cc1-c1cnn3ccc(nc13)NCCN1C[C@@H](C)N(C)C[C@H]1CO2.Cc1ccc2cc1-c1cnn3ccc(nc13)NCCN1C[C@@H](C)N(C3CC3)C[C@H]1CO2.Cc1ccc2cc1-c1cnn3ccc(nc13)NCCN1C[C@@H](C)N(CC3CC3)C[C@H]1CO2.Cc1ccc2cc1-c1cnn3ccc(nc13)NCCN1C[C@H]3CCCN3C[C@H]1CO2. The quantitative estimate of drug-likeness (QED) is 0.129. The maximum absolute atomic E-state index is 6.41. The standard InChI is InChI=1S/C25H32N6O.C24H30N6O.C23H28N6O.C22H28N6O/c1-17-3-6-21-11-22(17)23-12-27-31-9-7-24(28-25(23)31)26-8-10-29-13-18(2)30(14-19-4-5-19)15-20(29)16-32-21;1-16-3-6-20-11-21(16)22-12-26-30-9-7-23(27-24(22)30)25-8-10-28-13-17(2)29(18-4-5-18)14-19(28)15-31-20;1-16-4-5-19-11-20(16)21-12-25-29-9-6-22(26-23(21)29)24-7-10-28-13-17-3-2-8-27(17)14-18(28)15-30-19;1-15-4-5-18-10-19(15)20-11-24-28-8-6-21(25-22(20)28)23-7-9-27-12-16(2)26(3)13-17(27)14-29-18/h3,6-7,9,11-12,18-20H,4-5,8,10,13-16H2,1-2H3,(H,26,28);3,6-7,9,11-12,17-19H,4-5,8,10,13-15H2,1-2H3,(H,25,27);4-6,9,11-12,17-18H,2-3,7-8,10,13-15H2,1H3,(H,24,26);4-6,8,10-11,16-17H,7,9,12-14H2,1-3H3,(H,23,25)/t18-,20+;17-,19+;17-,18+;16-,17+/m1111/s1. The van der Waals surface area contributed by atoms with Gasteiger partial charge in [0.1, 0.15) is 72.7 Å². The summed E-state index contributed by atoms with van der Waals surface area (Å²) in [6.07, 6.45) is 23.7. The molecule has 8 atom stereocenters. The molecule has 12 aromatic rings. The van der Waals surface area contributed by atoms with Crippen molar-refractivity contribution in [3.05, 3.63) is 169 Å². The number of likely N-dealkylation sites (N-methyl/N-ethyl adjacent to an activating group) is 1. The van der Waals surface area contributed by atoms with Gasteiger partial charge in [-0.15, -0.1) is 0 Å². The van der Waals surface area contributed by atoms with Crippen molar-refractivity contribution in [1.82, 2.24) is 97.6 Å². The van der Waals surface area contributed by atoms with E-state index in [1.165, 1.54) is 73.9 Å². The molecule has 28 heteroatoms. The number of nitrogens with one attached hydrogen (secondary N) is 4. The number of aryl methyl sites for hydroxylation is 4. The molecule has 4 aromatic carbocycles. The summed E-state index contributed by atoms with van der Waals surface area (Å²) in [6, 6.07) is 38.2. The van der Waals surface area contributed by atoms with E-state index in [1.54, 1.807) is 0 Å². The summed E-state index contributed by atoms with van der Waals surface area (Å²) >= 11 is 0. The van der Waals surface area contributed by atoms with Crippen molar-refractivity contribution in [3.63, 3.8) is 0 Å². The molecule has 2 saturated carbocycles. The second-order valence-electron chi connectivity index (χ2n) is 36.1. The molecule has 638 valence electrons. The zero-order chi connectivity index (χ0) is 82.6. The summed E-state index contributed by atoms with van der Waals surface area (Å²) in [5, 5.41) is 32.2. The van der Waals surface area contributed by atoms with Crippen molar-refractivity contribution in [2.45, 2.75) is 141 Å². The number of hydrogen-bond acceptors (Lipinski definition) is 24. The lowest BCUT2D eigenvalue weighted by molar-refractivity contribution is 0.0125. The minimum Gasteiger partial charge on any atom is -0.492 e. The van der Waals surface area contributed by atoms with Gasteiger partial charge in [-0.3, -0.25) is 34.3 Å². The molecule has 17 heterocycles. The molecule has 8 aromatic heterocycles. The Morgan fingerprint density at radius 1 is 0.336 bits per heavy atom. The van der Waals surface area contributed by atoms with E-state index in [0.29, 0.717) is 68.2 Å². The van der Waals surface area contributed by atoms with Crippen molar-refractivity contribution in [3.8, 4) is 67.5 Å². The summed E-state index contributed by atoms with van der Waals surface area (Å²) in [4.78, 5) is 40.3. The molecule has 9 aliphatic heterocycles. The van der Waals surface area contributed by atoms with E-state index in [1.807, 2.05) is 91.9 Å². The molecule has 28 nitrogen and oxygen atoms in total. The van der Waals surface area contributed by atoms with Gasteiger partial charge in [0.05, 0.1) is 49.0 Å². The van der Waals surface area contributed by atoms with Crippen LogP contribution >= 0.6 is 0 Å². The molecule has 122 heavy (non-hydrogen) atoms. The summed E-state index contributed by atoms with van der Waals surface area (Å²) in [5.41, 5.74) is 16.9. The first kappa shape index (κ1) is 79.9. The van der Waals surface area contributed by atoms with Crippen LogP contribution in [0.1, 0.15) is 81.5 Å². The van der Waals surface area contributed by atoms with Crippen molar-refractivity contribution < 1.29 is 18.9 Å².